The molecule has 1 atom stereocenters. The summed E-state index contributed by atoms with van der Waals surface area (Å²) in [5, 5.41) is -0.340. The third-order valence-corrected chi connectivity index (χ3v) is 2.28. The van der Waals surface area contributed by atoms with Crippen molar-refractivity contribution in [2.45, 2.75) is 19.4 Å². The van der Waals surface area contributed by atoms with E-state index in [1.165, 1.54) is 7.11 Å². The molecule has 0 aliphatic rings. The molecule has 2 nitrogen and oxygen atoms in total. The molecule has 0 spiro atoms. The molecule has 84 valence electrons. The number of nitrogens with two attached hydrogens (primary N) is 1. The zero-order valence-electron chi connectivity index (χ0n) is 8.48. The summed E-state index contributed by atoms with van der Waals surface area (Å²) < 4.78 is 31.0. The van der Waals surface area contributed by atoms with E-state index in [2.05, 4.69) is 0 Å². The molecule has 1 aromatic rings. The van der Waals surface area contributed by atoms with Gasteiger partial charge in [0.15, 0.2) is 11.6 Å². The normalized spacial score (nSPS) is 12.7. The van der Waals surface area contributed by atoms with Crippen LogP contribution in [0.2, 0.25) is 5.02 Å². The van der Waals surface area contributed by atoms with Crippen molar-refractivity contribution in [2.75, 3.05) is 7.11 Å². The lowest BCUT2D eigenvalue weighted by Gasteiger charge is -2.13. The molecule has 0 amide bonds. The van der Waals surface area contributed by atoms with E-state index in [4.69, 9.17) is 22.1 Å². The van der Waals surface area contributed by atoms with Crippen LogP contribution in [0.4, 0.5) is 8.78 Å². The Morgan fingerprint density at radius 3 is 2.60 bits per heavy atom. The van der Waals surface area contributed by atoms with Gasteiger partial charge in [-0.1, -0.05) is 11.6 Å². The molecule has 1 unspecified atom stereocenters. The summed E-state index contributed by atoms with van der Waals surface area (Å²) in [5.74, 6) is -1.94. The first kappa shape index (κ1) is 12.2. The molecule has 0 saturated heterocycles. The van der Waals surface area contributed by atoms with Crippen molar-refractivity contribution in [3.05, 3.63) is 28.3 Å². The number of halogens is 3. The predicted molar refractivity (Wildman–Crippen MR) is 55.3 cm³/mol. The molecule has 0 heterocycles. The first-order valence-corrected chi connectivity index (χ1v) is 4.81. The van der Waals surface area contributed by atoms with Crippen molar-refractivity contribution in [3.63, 3.8) is 0 Å². The SMILES string of the molecule is COc1c(CC(C)N)cc(F)c(F)c1Cl. The van der Waals surface area contributed by atoms with Gasteiger partial charge >= 0.3 is 0 Å². The molecule has 2 N–H and O–H groups in total. The van der Waals surface area contributed by atoms with Gasteiger partial charge in [-0.05, 0) is 19.4 Å². The maximum absolute atomic E-state index is 13.1. The zero-order chi connectivity index (χ0) is 11.6. The van der Waals surface area contributed by atoms with Crippen LogP contribution in [0, 0.1) is 11.6 Å². The Balaban J connectivity index is 3.25. The molecule has 1 rings (SSSR count). The van der Waals surface area contributed by atoms with Crippen LogP contribution in [0.25, 0.3) is 0 Å². The lowest BCUT2D eigenvalue weighted by molar-refractivity contribution is 0.399. The third-order valence-electron chi connectivity index (χ3n) is 1.94. The van der Waals surface area contributed by atoms with Crippen LogP contribution in [0.1, 0.15) is 12.5 Å². The van der Waals surface area contributed by atoms with Crippen LogP contribution in [0.15, 0.2) is 6.07 Å². The van der Waals surface area contributed by atoms with Gasteiger partial charge in [0.25, 0.3) is 0 Å². The lowest BCUT2D eigenvalue weighted by atomic mass is 10.1. The fourth-order valence-electron chi connectivity index (χ4n) is 1.35. The van der Waals surface area contributed by atoms with Crippen molar-refractivity contribution < 1.29 is 13.5 Å². The second-order valence-corrected chi connectivity index (χ2v) is 3.74. The number of ether oxygens (including phenoxy) is 1. The summed E-state index contributed by atoms with van der Waals surface area (Å²) in [4.78, 5) is 0. The van der Waals surface area contributed by atoms with Crippen LogP contribution in [0.5, 0.6) is 5.75 Å². The van der Waals surface area contributed by atoms with Gasteiger partial charge in [0, 0.05) is 11.6 Å². The van der Waals surface area contributed by atoms with Crippen molar-refractivity contribution in [1.82, 2.24) is 0 Å². The van der Waals surface area contributed by atoms with Gasteiger partial charge in [0.05, 0.1) is 7.11 Å². The topological polar surface area (TPSA) is 35.2 Å². The minimum absolute atomic E-state index is 0.146. The Morgan fingerprint density at radius 1 is 1.53 bits per heavy atom. The summed E-state index contributed by atoms with van der Waals surface area (Å²) in [7, 11) is 1.35. The lowest BCUT2D eigenvalue weighted by Crippen LogP contribution is -2.18. The van der Waals surface area contributed by atoms with Crippen LogP contribution in [0.3, 0.4) is 0 Å². The molecule has 0 aliphatic carbocycles. The van der Waals surface area contributed by atoms with Crippen LogP contribution in [-0.4, -0.2) is 13.2 Å². The van der Waals surface area contributed by atoms with Gasteiger partial charge in [-0.3, -0.25) is 0 Å². The summed E-state index contributed by atoms with van der Waals surface area (Å²) in [5.41, 5.74) is 6.04. The van der Waals surface area contributed by atoms with Gasteiger partial charge < -0.3 is 10.5 Å². The highest BCUT2D eigenvalue weighted by molar-refractivity contribution is 6.32. The van der Waals surface area contributed by atoms with Crippen molar-refractivity contribution in [1.29, 1.82) is 0 Å². The number of hydrogen-bond donors (Lipinski definition) is 1. The summed E-state index contributed by atoms with van der Waals surface area (Å²) in [6.07, 6.45) is 0.375. The van der Waals surface area contributed by atoms with E-state index in [-0.39, 0.29) is 16.8 Å². The average Bonchev–Trinajstić information content (AvgIpc) is 2.14. The average molecular weight is 236 g/mol. The fraction of sp³-hybridized carbons (Fsp3) is 0.400. The maximum atomic E-state index is 13.1. The van der Waals surface area contributed by atoms with Gasteiger partial charge in [-0.2, -0.15) is 0 Å². The Kier molecular flexibility index (Phi) is 3.88. The minimum Gasteiger partial charge on any atom is -0.495 e. The molecule has 0 radical (unpaired) electrons. The second kappa shape index (κ2) is 4.77. The molecule has 5 heteroatoms. The molecule has 0 fully saturated rings. The molecule has 15 heavy (non-hydrogen) atoms. The van der Waals surface area contributed by atoms with Crippen LogP contribution >= 0.6 is 11.6 Å². The second-order valence-electron chi connectivity index (χ2n) is 3.36. The fourth-order valence-corrected chi connectivity index (χ4v) is 1.64. The predicted octanol–water partition coefficient (Wildman–Crippen LogP) is 2.52. The van der Waals surface area contributed by atoms with E-state index >= 15 is 0 Å². The smallest absolute Gasteiger partial charge is 0.181 e. The third kappa shape index (κ3) is 2.58. The van der Waals surface area contributed by atoms with Gasteiger partial charge in [-0.25, -0.2) is 8.78 Å². The first-order chi connectivity index (χ1) is 6.97. The number of methoxy groups -OCH3 is 1. The number of benzene rings is 1. The summed E-state index contributed by atoms with van der Waals surface area (Å²) in [6.45, 7) is 1.76. The van der Waals surface area contributed by atoms with Crippen molar-refractivity contribution in [3.8, 4) is 5.75 Å². The standard InChI is InChI=1S/C10H12ClF2NO/c1-5(14)3-6-4-7(12)9(13)8(11)10(6)15-2/h4-5H,3,14H2,1-2H3. The monoisotopic (exact) mass is 235 g/mol. The molecule has 1 aromatic carbocycles. The summed E-state index contributed by atoms with van der Waals surface area (Å²) >= 11 is 5.61. The van der Waals surface area contributed by atoms with Crippen LogP contribution < -0.4 is 10.5 Å². The van der Waals surface area contributed by atoms with E-state index in [0.717, 1.165) is 6.07 Å². The zero-order valence-corrected chi connectivity index (χ0v) is 9.24. The van der Waals surface area contributed by atoms with E-state index in [9.17, 15) is 8.78 Å². The quantitative estimate of drug-likeness (QED) is 0.817. The summed E-state index contributed by atoms with van der Waals surface area (Å²) in [6, 6.07) is 0.878. The molecular formula is C10H12ClF2NO. The molecular weight excluding hydrogens is 224 g/mol. The highest BCUT2D eigenvalue weighted by atomic mass is 35.5. The van der Waals surface area contributed by atoms with Crippen molar-refractivity contribution >= 4 is 11.6 Å². The Morgan fingerprint density at radius 2 is 2.13 bits per heavy atom. The molecule has 0 saturated carbocycles. The molecule has 0 aromatic heterocycles. The highest BCUT2D eigenvalue weighted by Crippen LogP contribution is 2.33. The van der Waals surface area contributed by atoms with Gasteiger partial charge in [0.1, 0.15) is 10.8 Å². The minimum atomic E-state index is -1.10. The Bertz CT molecular complexity index is 369. The Labute approximate surface area is 92.0 Å². The van der Waals surface area contributed by atoms with E-state index in [0.29, 0.717) is 12.0 Å². The van der Waals surface area contributed by atoms with E-state index < -0.39 is 11.6 Å². The van der Waals surface area contributed by atoms with Gasteiger partial charge in [0.2, 0.25) is 0 Å². The van der Waals surface area contributed by atoms with E-state index in [1.54, 1.807) is 6.92 Å². The first-order valence-electron chi connectivity index (χ1n) is 4.43. The molecule has 0 aliphatic heterocycles. The van der Waals surface area contributed by atoms with Crippen molar-refractivity contribution in [2.24, 2.45) is 5.73 Å². The van der Waals surface area contributed by atoms with E-state index in [1.807, 2.05) is 0 Å². The number of rotatable bonds is 3. The van der Waals surface area contributed by atoms with Crippen LogP contribution in [-0.2, 0) is 6.42 Å². The number of hydrogen-bond acceptors (Lipinski definition) is 2. The maximum Gasteiger partial charge on any atom is 0.181 e. The highest BCUT2D eigenvalue weighted by Gasteiger charge is 2.18. The Hall–Kier alpha value is -0.870. The molecule has 0 bridgehead atoms. The largest absolute Gasteiger partial charge is 0.495 e. The van der Waals surface area contributed by atoms with Gasteiger partial charge in [-0.15, -0.1) is 0 Å².